The van der Waals surface area contributed by atoms with Gasteiger partial charge < -0.3 is 5.32 Å². The van der Waals surface area contributed by atoms with Crippen molar-refractivity contribution in [2.45, 2.75) is 27.2 Å². The molecule has 0 aromatic rings. The van der Waals surface area contributed by atoms with Gasteiger partial charge in [0.2, 0.25) is 0 Å². The van der Waals surface area contributed by atoms with Gasteiger partial charge in [0.1, 0.15) is 5.71 Å². The van der Waals surface area contributed by atoms with Crippen LogP contribution in [0.2, 0.25) is 0 Å². The van der Waals surface area contributed by atoms with Gasteiger partial charge in [-0.05, 0) is 6.42 Å². The number of nitrogens with zero attached hydrogens (tertiary/aromatic N) is 1. The van der Waals surface area contributed by atoms with Gasteiger partial charge in [-0.15, -0.1) is 0 Å². The zero-order valence-corrected chi connectivity index (χ0v) is 8.35. The second-order valence-electron chi connectivity index (χ2n) is 3.00. The SMILES string of the molecule is CCCN=C(C(=O)NC)C(C)C. The fourth-order valence-electron chi connectivity index (χ4n) is 0.877. The fourth-order valence-corrected chi connectivity index (χ4v) is 0.877. The van der Waals surface area contributed by atoms with Crippen molar-refractivity contribution in [3.05, 3.63) is 0 Å². The van der Waals surface area contributed by atoms with Crippen LogP contribution in [0.25, 0.3) is 0 Å². The minimum atomic E-state index is -0.0570. The summed E-state index contributed by atoms with van der Waals surface area (Å²) in [6, 6.07) is 0. The van der Waals surface area contributed by atoms with Crippen LogP contribution in [-0.2, 0) is 4.79 Å². The van der Waals surface area contributed by atoms with Gasteiger partial charge in [0.15, 0.2) is 0 Å². The van der Waals surface area contributed by atoms with Gasteiger partial charge in [-0.1, -0.05) is 20.8 Å². The van der Waals surface area contributed by atoms with Crippen molar-refractivity contribution in [3.8, 4) is 0 Å². The van der Waals surface area contributed by atoms with E-state index in [1.165, 1.54) is 0 Å². The molecule has 0 unspecified atom stereocenters. The number of amides is 1. The van der Waals surface area contributed by atoms with Crippen LogP contribution in [0.15, 0.2) is 4.99 Å². The highest BCUT2D eigenvalue weighted by atomic mass is 16.1. The van der Waals surface area contributed by atoms with Gasteiger partial charge >= 0.3 is 0 Å². The van der Waals surface area contributed by atoms with E-state index in [4.69, 9.17) is 0 Å². The molecule has 0 aliphatic heterocycles. The first-order chi connectivity index (χ1) is 5.63. The van der Waals surface area contributed by atoms with Crippen molar-refractivity contribution in [3.63, 3.8) is 0 Å². The molecule has 0 aliphatic carbocycles. The lowest BCUT2D eigenvalue weighted by Gasteiger charge is -2.07. The Balaban J connectivity index is 4.32. The van der Waals surface area contributed by atoms with Crippen molar-refractivity contribution in [1.82, 2.24) is 5.32 Å². The molecule has 3 nitrogen and oxygen atoms in total. The third kappa shape index (κ3) is 3.51. The summed E-state index contributed by atoms with van der Waals surface area (Å²) in [6.45, 7) is 6.74. The maximum absolute atomic E-state index is 11.2. The lowest BCUT2D eigenvalue weighted by molar-refractivity contribution is -0.114. The number of hydrogen-bond donors (Lipinski definition) is 1. The van der Waals surface area contributed by atoms with Crippen LogP contribution in [0, 0.1) is 5.92 Å². The van der Waals surface area contributed by atoms with Gasteiger partial charge in [-0.3, -0.25) is 9.79 Å². The standard InChI is InChI=1S/C9H18N2O/c1-5-6-11-8(7(2)3)9(12)10-4/h7H,5-6H2,1-4H3,(H,10,12). The van der Waals surface area contributed by atoms with Crippen LogP contribution in [-0.4, -0.2) is 25.2 Å². The highest BCUT2D eigenvalue weighted by molar-refractivity contribution is 6.39. The van der Waals surface area contributed by atoms with Gasteiger partial charge in [-0.25, -0.2) is 0 Å². The summed E-state index contributed by atoms with van der Waals surface area (Å²) in [5, 5.41) is 2.59. The van der Waals surface area contributed by atoms with Gasteiger partial charge in [0.05, 0.1) is 0 Å². The molecular weight excluding hydrogens is 152 g/mol. The topological polar surface area (TPSA) is 41.5 Å². The number of rotatable bonds is 4. The van der Waals surface area contributed by atoms with Crippen LogP contribution in [0.1, 0.15) is 27.2 Å². The number of hydrogen-bond acceptors (Lipinski definition) is 2. The third-order valence-corrected chi connectivity index (χ3v) is 1.51. The summed E-state index contributed by atoms with van der Waals surface area (Å²) in [5.74, 6) is 0.148. The molecule has 0 aromatic heterocycles. The highest BCUT2D eigenvalue weighted by Gasteiger charge is 2.12. The van der Waals surface area contributed by atoms with Gasteiger partial charge in [0, 0.05) is 19.5 Å². The van der Waals surface area contributed by atoms with E-state index in [1.807, 2.05) is 20.8 Å². The molecule has 0 aliphatic rings. The molecule has 0 radical (unpaired) electrons. The summed E-state index contributed by atoms with van der Waals surface area (Å²) in [6.07, 6.45) is 0.979. The zero-order valence-electron chi connectivity index (χ0n) is 8.35. The molecule has 1 amide bonds. The van der Waals surface area contributed by atoms with E-state index in [-0.39, 0.29) is 11.8 Å². The average Bonchev–Trinajstić information content (AvgIpc) is 2.04. The Labute approximate surface area is 74.3 Å². The lowest BCUT2D eigenvalue weighted by atomic mass is 10.1. The van der Waals surface area contributed by atoms with Crippen LogP contribution >= 0.6 is 0 Å². The fraction of sp³-hybridized carbons (Fsp3) is 0.778. The Bertz CT molecular complexity index is 173. The van der Waals surface area contributed by atoms with Crippen LogP contribution in [0.4, 0.5) is 0 Å². The van der Waals surface area contributed by atoms with Gasteiger partial charge in [-0.2, -0.15) is 0 Å². The molecule has 0 saturated carbocycles. The van der Waals surface area contributed by atoms with E-state index in [1.54, 1.807) is 7.05 Å². The number of nitrogens with one attached hydrogen (secondary N) is 1. The average molecular weight is 170 g/mol. The predicted octanol–water partition coefficient (Wildman–Crippen LogP) is 1.24. The van der Waals surface area contributed by atoms with Crippen molar-refractivity contribution < 1.29 is 4.79 Å². The Morgan fingerprint density at radius 1 is 1.50 bits per heavy atom. The Hall–Kier alpha value is -0.860. The van der Waals surface area contributed by atoms with Crippen molar-refractivity contribution in [2.24, 2.45) is 10.9 Å². The highest BCUT2D eigenvalue weighted by Crippen LogP contribution is 1.98. The molecule has 0 spiro atoms. The maximum Gasteiger partial charge on any atom is 0.265 e. The Morgan fingerprint density at radius 2 is 2.08 bits per heavy atom. The van der Waals surface area contributed by atoms with Crippen LogP contribution in [0.5, 0.6) is 0 Å². The first-order valence-electron chi connectivity index (χ1n) is 4.39. The van der Waals surface area contributed by atoms with E-state index < -0.39 is 0 Å². The van der Waals surface area contributed by atoms with Crippen molar-refractivity contribution in [1.29, 1.82) is 0 Å². The van der Waals surface area contributed by atoms with E-state index in [0.29, 0.717) is 5.71 Å². The molecule has 0 heterocycles. The third-order valence-electron chi connectivity index (χ3n) is 1.51. The number of aliphatic imine (C=N–C) groups is 1. The van der Waals surface area contributed by atoms with Crippen molar-refractivity contribution >= 4 is 11.6 Å². The van der Waals surface area contributed by atoms with E-state index in [2.05, 4.69) is 10.3 Å². The number of carbonyl (C=O) groups excluding carboxylic acids is 1. The van der Waals surface area contributed by atoms with E-state index >= 15 is 0 Å². The first kappa shape index (κ1) is 11.1. The van der Waals surface area contributed by atoms with Crippen LogP contribution in [0.3, 0.4) is 0 Å². The van der Waals surface area contributed by atoms with Crippen LogP contribution < -0.4 is 5.32 Å². The Morgan fingerprint density at radius 3 is 2.42 bits per heavy atom. The first-order valence-corrected chi connectivity index (χ1v) is 4.39. The molecule has 0 saturated heterocycles. The zero-order chi connectivity index (χ0) is 9.56. The molecule has 1 N–H and O–H groups in total. The molecule has 70 valence electrons. The smallest absolute Gasteiger partial charge is 0.265 e. The quantitative estimate of drug-likeness (QED) is 0.634. The molecule has 12 heavy (non-hydrogen) atoms. The monoisotopic (exact) mass is 170 g/mol. The molecule has 3 heteroatoms. The largest absolute Gasteiger partial charge is 0.354 e. The summed E-state index contributed by atoms with van der Waals surface area (Å²) in [4.78, 5) is 15.4. The molecule has 0 fully saturated rings. The predicted molar refractivity (Wildman–Crippen MR) is 51.5 cm³/mol. The molecule has 0 aromatic carbocycles. The van der Waals surface area contributed by atoms with E-state index in [0.717, 1.165) is 13.0 Å². The van der Waals surface area contributed by atoms with Gasteiger partial charge in [0.25, 0.3) is 5.91 Å². The molecule has 0 bridgehead atoms. The summed E-state index contributed by atoms with van der Waals surface area (Å²) in [7, 11) is 1.63. The summed E-state index contributed by atoms with van der Waals surface area (Å²) >= 11 is 0. The van der Waals surface area contributed by atoms with E-state index in [9.17, 15) is 4.79 Å². The summed E-state index contributed by atoms with van der Waals surface area (Å²) in [5.41, 5.74) is 0.652. The number of carbonyl (C=O) groups is 1. The molecule has 0 atom stereocenters. The second-order valence-corrected chi connectivity index (χ2v) is 3.00. The lowest BCUT2D eigenvalue weighted by Crippen LogP contribution is -2.31. The Kier molecular flexibility index (Phi) is 5.34. The molecular formula is C9H18N2O. The second kappa shape index (κ2) is 5.75. The van der Waals surface area contributed by atoms with Crippen molar-refractivity contribution in [2.75, 3.05) is 13.6 Å². The minimum Gasteiger partial charge on any atom is -0.354 e. The minimum absolute atomic E-state index is 0.0570. The normalized spacial score (nSPS) is 11.9. The summed E-state index contributed by atoms with van der Waals surface area (Å²) < 4.78 is 0. The maximum atomic E-state index is 11.2. The molecule has 0 rings (SSSR count).